The lowest BCUT2D eigenvalue weighted by molar-refractivity contribution is 0.0938. The quantitative estimate of drug-likeness (QED) is 0.789. The predicted octanol–water partition coefficient (Wildman–Crippen LogP) is 3.91. The Balaban J connectivity index is 1.79. The van der Waals surface area contributed by atoms with Crippen LogP contribution < -0.4 is 5.32 Å². The first kappa shape index (κ1) is 15.4. The lowest BCUT2D eigenvalue weighted by Crippen LogP contribution is -2.26. The maximum absolute atomic E-state index is 12.5. The molecule has 3 heterocycles. The first-order chi connectivity index (χ1) is 11.0. The number of hydrogen-bond donors (Lipinski definition) is 1. The minimum atomic E-state index is -0.198. The molecule has 0 fully saturated rings. The Morgan fingerprint density at radius 3 is 2.74 bits per heavy atom. The van der Waals surface area contributed by atoms with Crippen molar-refractivity contribution in [1.29, 1.82) is 0 Å². The molecule has 0 spiro atoms. The number of hydrogen-bond acceptors (Lipinski definition) is 5. The summed E-state index contributed by atoms with van der Waals surface area (Å²) in [4.78, 5) is 21.8. The van der Waals surface area contributed by atoms with Gasteiger partial charge in [0.15, 0.2) is 0 Å². The van der Waals surface area contributed by atoms with Gasteiger partial charge >= 0.3 is 0 Å². The maximum Gasteiger partial charge on any atom is 0.263 e. The maximum atomic E-state index is 12.5. The molecule has 118 valence electrons. The van der Waals surface area contributed by atoms with Crippen molar-refractivity contribution in [1.82, 2.24) is 15.3 Å². The first-order valence-electron chi connectivity index (χ1n) is 7.30. The topological polar surface area (TPSA) is 68.0 Å². The van der Waals surface area contributed by atoms with Gasteiger partial charge < -0.3 is 9.73 Å². The summed E-state index contributed by atoms with van der Waals surface area (Å²) in [6, 6.07) is 9.20. The summed E-state index contributed by atoms with van der Waals surface area (Å²) in [7, 11) is 0. The highest BCUT2D eigenvalue weighted by Crippen LogP contribution is 2.27. The summed E-state index contributed by atoms with van der Waals surface area (Å²) in [5.74, 6) is 1.42. The molecule has 1 amide bonds. The van der Waals surface area contributed by atoms with E-state index >= 15 is 0 Å². The third-order valence-corrected chi connectivity index (χ3v) is 4.60. The van der Waals surface area contributed by atoms with E-state index in [0.29, 0.717) is 10.6 Å². The Kier molecular flexibility index (Phi) is 4.25. The number of amides is 1. The fraction of sp³-hybridized carbons (Fsp3) is 0.235. The third kappa shape index (κ3) is 3.32. The van der Waals surface area contributed by atoms with Crippen LogP contribution in [0.15, 0.2) is 40.9 Å². The number of aromatic nitrogens is 2. The van der Waals surface area contributed by atoms with Crippen LogP contribution >= 0.6 is 11.3 Å². The summed E-state index contributed by atoms with van der Waals surface area (Å²) < 4.78 is 5.55. The van der Waals surface area contributed by atoms with Gasteiger partial charge in [0.1, 0.15) is 21.4 Å². The van der Waals surface area contributed by atoms with Crippen LogP contribution in [0.3, 0.4) is 0 Å². The number of aryl methyl sites for hydroxylation is 2. The average Bonchev–Trinajstić information content (AvgIpc) is 3.14. The van der Waals surface area contributed by atoms with Crippen molar-refractivity contribution in [2.45, 2.75) is 26.8 Å². The molecule has 1 N–H and O–H groups in total. The molecule has 0 aromatic carbocycles. The molecule has 1 unspecified atom stereocenters. The van der Waals surface area contributed by atoms with E-state index in [1.54, 1.807) is 6.20 Å². The Morgan fingerprint density at radius 1 is 1.26 bits per heavy atom. The number of nitrogens with zero attached hydrogens (tertiary/aromatic N) is 2. The highest BCUT2D eigenvalue weighted by Gasteiger charge is 2.20. The Bertz CT molecular complexity index is 823. The van der Waals surface area contributed by atoms with Gasteiger partial charge in [-0.1, -0.05) is 6.07 Å². The molecular formula is C17H17N3O2S. The summed E-state index contributed by atoms with van der Waals surface area (Å²) in [5, 5.41) is 3.69. The zero-order valence-electron chi connectivity index (χ0n) is 13.2. The van der Waals surface area contributed by atoms with E-state index in [4.69, 9.17) is 4.42 Å². The van der Waals surface area contributed by atoms with Crippen LogP contribution in [0.2, 0.25) is 0 Å². The van der Waals surface area contributed by atoms with Crippen molar-refractivity contribution >= 4 is 17.2 Å². The normalized spacial score (nSPS) is 12.1. The van der Waals surface area contributed by atoms with Gasteiger partial charge in [0, 0.05) is 6.20 Å². The molecule has 5 nitrogen and oxygen atoms in total. The van der Waals surface area contributed by atoms with Crippen LogP contribution in [-0.2, 0) is 0 Å². The molecule has 0 bridgehead atoms. The summed E-state index contributed by atoms with van der Waals surface area (Å²) in [6.07, 6.45) is 1.72. The molecule has 0 saturated heterocycles. The van der Waals surface area contributed by atoms with Crippen molar-refractivity contribution < 1.29 is 9.21 Å². The zero-order chi connectivity index (χ0) is 16.4. The van der Waals surface area contributed by atoms with Crippen LogP contribution in [0, 0.1) is 13.8 Å². The number of carbonyl (C=O) groups is 1. The minimum Gasteiger partial charge on any atom is -0.464 e. The van der Waals surface area contributed by atoms with Crippen LogP contribution in [0.5, 0.6) is 0 Å². The summed E-state index contributed by atoms with van der Waals surface area (Å²) in [5.41, 5.74) is 1.48. The summed E-state index contributed by atoms with van der Waals surface area (Å²) >= 11 is 1.35. The summed E-state index contributed by atoms with van der Waals surface area (Å²) in [6.45, 7) is 5.61. The molecule has 3 aromatic rings. The van der Waals surface area contributed by atoms with E-state index in [1.165, 1.54) is 11.3 Å². The number of furan rings is 1. The van der Waals surface area contributed by atoms with E-state index in [0.717, 1.165) is 22.2 Å². The largest absolute Gasteiger partial charge is 0.464 e. The fourth-order valence-corrected chi connectivity index (χ4v) is 3.17. The van der Waals surface area contributed by atoms with Gasteiger partial charge in [-0.2, -0.15) is 0 Å². The van der Waals surface area contributed by atoms with E-state index in [-0.39, 0.29) is 11.9 Å². The number of thiazole rings is 1. The predicted molar refractivity (Wildman–Crippen MR) is 89.4 cm³/mol. The van der Waals surface area contributed by atoms with Gasteiger partial charge in [0.2, 0.25) is 0 Å². The molecular weight excluding hydrogens is 310 g/mol. The third-order valence-electron chi connectivity index (χ3n) is 3.42. The molecule has 0 aliphatic heterocycles. The van der Waals surface area contributed by atoms with Gasteiger partial charge in [-0.05, 0) is 45.0 Å². The molecule has 3 rings (SSSR count). The molecule has 0 aliphatic rings. The lowest BCUT2D eigenvalue weighted by Gasteiger charge is -2.10. The van der Waals surface area contributed by atoms with E-state index in [9.17, 15) is 4.79 Å². The van der Waals surface area contributed by atoms with Crippen molar-refractivity contribution in [3.63, 3.8) is 0 Å². The van der Waals surface area contributed by atoms with Crippen LogP contribution in [0.25, 0.3) is 10.7 Å². The van der Waals surface area contributed by atoms with Crippen molar-refractivity contribution in [3.05, 3.63) is 58.6 Å². The van der Waals surface area contributed by atoms with Gasteiger partial charge in [0.05, 0.1) is 17.4 Å². The van der Waals surface area contributed by atoms with Crippen LogP contribution in [-0.4, -0.2) is 15.9 Å². The van der Waals surface area contributed by atoms with Crippen molar-refractivity contribution in [2.75, 3.05) is 0 Å². The van der Waals surface area contributed by atoms with Gasteiger partial charge in [-0.25, -0.2) is 4.98 Å². The monoisotopic (exact) mass is 327 g/mol. The highest BCUT2D eigenvalue weighted by atomic mass is 32.1. The molecule has 0 saturated carbocycles. The minimum absolute atomic E-state index is 0.149. The van der Waals surface area contributed by atoms with E-state index < -0.39 is 0 Å². The van der Waals surface area contributed by atoms with Gasteiger partial charge in [-0.15, -0.1) is 11.3 Å². The molecule has 0 radical (unpaired) electrons. The number of carbonyl (C=O) groups excluding carboxylic acids is 1. The fourth-order valence-electron chi connectivity index (χ4n) is 2.23. The first-order valence-corrected chi connectivity index (χ1v) is 8.12. The Morgan fingerprint density at radius 2 is 2.09 bits per heavy atom. The zero-order valence-corrected chi connectivity index (χ0v) is 14.0. The van der Waals surface area contributed by atoms with Crippen LogP contribution in [0.4, 0.5) is 0 Å². The second-order valence-electron chi connectivity index (χ2n) is 5.29. The molecule has 6 heteroatoms. The Hall–Kier alpha value is -2.47. The lowest BCUT2D eigenvalue weighted by atomic mass is 10.2. The van der Waals surface area contributed by atoms with Crippen LogP contribution in [0.1, 0.15) is 39.9 Å². The molecule has 23 heavy (non-hydrogen) atoms. The molecule has 1 atom stereocenters. The standard InChI is InChI=1S/C17H17N3O2S/c1-10-7-8-14(22-10)11(2)19-16(21)15-12(3)20-17(23-15)13-6-4-5-9-18-13/h4-9,11H,1-3H3,(H,19,21). The van der Waals surface area contributed by atoms with Gasteiger partial charge in [-0.3, -0.25) is 9.78 Å². The smallest absolute Gasteiger partial charge is 0.263 e. The highest BCUT2D eigenvalue weighted by molar-refractivity contribution is 7.17. The van der Waals surface area contributed by atoms with Crippen molar-refractivity contribution in [3.8, 4) is 10.7 Å². The van der Waals surface area contributed by atoms with Gasteiger partial charge in [0.25, 0.3) is 5.91 Å². The number of nitrogens with one attached hydrogen (secondary N) is 1. The second-order valence-corrected chi connectivity index (χ2v) is 6.29. The van der Waals surface area contributed by atoms with Crippen molar-refractivity contribution in [2.24, 2.45) is 0 Å². The SMILES string of the molecule is Cc1ccc(C(C)NC(=O)c2sc(-c3ccccn3)nc2C)o1. The Labute approximate surface area is 138 Å². The number of pyridine rings is 1. The average molecular weight is 327 g/mol. The second kappa shape index (κ2) is 6.34. The van der Waals surface area contributed by atoms with E-state index in [1.807, 2.05) is 51.1 Å². The molecule has 0 aliphatic carbocycles. The van der Waals surface area contributed by atoms with E-state index in [2.05, 4.69) is 15.3 Å². The number of rotatable bonds is 4. The molecule has 3 aromatic heterocycles.